The number of thiazole rings is 1. The van der Waals surface area contributed by atoms with E-state index in [1.807, 2.05) is 18.2 Å². The lowest BCUT2D eigenvalue weighted by atomic mass is 9.90. The minimum absolute atomic E-state index is 0.0579. The molecule has 1 fully saturated rings. The molecule has 132 valence electrons. The molecule has 1 aliphatic carbocycles. The molecular weight excluding hydrogens is 338 g/mol. The maximum absolute atomic E-state index is 12.2. The van der Waals surface area contributed by atoms with Crippen LogP contribution >= 0.6 is 11.3 Å². The summed E-state index contributed by atoms with van der Waals surface area (Å²) in [7, 11) is 1.64. The second-order valence-electron chi connectivity index (χ2n) is 6.47. The van der Waals surface area contributed by atoms with Gasteiger partial charge in [0.05, 0.1) is 18.1 Å². The molecule has 3 N–H and O–H groups in total. The molecule has 1 amide bonds. The van der Waals surface area contributed by atoms with Crippen LogP contribution in [0.4, 0.5) is 10.9 Å². The van der Waals surface area contributed by atoms with Crippen molar-refractivity contribution < 1.29 is 14.3 Å². The lowest BCUT2D eigenvalue weighted by Crippen LogP contribution is -2.23. The largest absolute Gasteiger partial charge is 0.493 e. The Kier molecular flexibility index (Phi) is 4.25. The van der Waals surface area contributed by atoms with Crippen LogP contribution in [0.25, 0.3) is 0 Å². The van der Waals surface area contributed by atoms with Gasteiger partial charge in [-0.25, -0.2) is 4.98 Å². The number of methoxy groups -OCH3 is 1. The summed E-state index contributed by atoms with van der Waals surface area (Å²) in [5.74, 6) is 1.84. The van der Waals surface area contributed by atoms with E-state index in [9.17, 15) is 4.79 Å². The van der Waals surface area contributed by atoms with Gasteiger partial charge in [-0.1, -0.05) is 23.5 Å². The van der Waals surface area contributed by atoms with Crippen molar-refractivity contribution in [2.75, 3.05) is 18.2 Å². The smallest absolute Gasteiger partial charge is 0.226 e. The molecule has 0 spiro atoms. The Morgan fingerprint density at radius 2 is 2.12 bits per heavy atom. The first-order valence-corrected chi connectivity index (χ1v) is 9.37. The molecule has 1 saturated carbocycles. The molecule has 0 saturated heterocycles. The third-order valence-corrected chi connectivity index (χ3v) is 5.82. The highest BCUT2D eigenvalue weighted by Gasteiger charge is 2.33. The van der Waals surface area contributed by atoms with Crippen molar-refractivity contribution in [1.82, 2.24) is 4.98 Å². The average molecular weight is 359 g/mol. The molecule has 1 atom stereocenters. The van der Waals surface area contributed by atoms with Crippen LogP contribution in [0.3, 0.4) is 0 Å². The summed E-state index contributed by atoms with van der Waals surface area (Å²) in [6.45, 7) is 0. The summed E-state index contributed by atoms with van der Waals surface area (Å²) < 4.78 is 11.9. The Balaban J connectivity index is 1.78. The molecule has 0 bridgehead atoms. The zero-order valence-electron chi connectivity index (χ0n) is 14.1. The van der Waals surface area contributed by atoms with Gasteiger partial charge in [0.2, 0.25) is 5.91 Å². The molecule has 0 unspecified atom stereocenters. The molecule has 1 aliphatic heterocycles. The lowest BCUT2D eigenvalue weighted by Gasteiger charge is -2.26. The first-order valence-electron chi connectivity index (χ1n) is 8.55. The van der Waals surface area contributed by atoms with E-state index in [0.29, 0.717) is 23.1 Å². The van der Waals surface area contributed by atoms with Gasteiger partial charge < -0.3 is 20.5 Å². The highest BCUT2D eigenvalue weighted by atomic mass is 32.1. The number of benzene rings is 1. The molecule has 25 heavy (non-hydrogen) atoms. The van der Waals surface area contributed by atoms with Crippen molar-refractivity contribution in [3.8, 4) is 11.5 Å². The third-order valence-electron chi connectivity index (χ3n) is 4.83. The van der Waals surface area contributed by atoms with Crippen LogP contribution in [-0.2, 0) is 4.79 Å². The topological polar surface area (TPSA) is 86.5 Å². The molecule has 6 nitrogen and oxygen atoms in total. The summed E-state index contributed by atoms with van der Waals surface area (Å²) in [6, 6.07) is 5.85. The van der Waals surface area contributed by atoms with Crippen molar-refractivity contribution in [2.24, 2.45) is 0 Å². The SMILES string of the molecule is COc1cccc([C@@H]2CC(=O)Nc3nc(N)sc32)c1OC1CCCC1. The van der Waals surface area contributed by atoms with Crippen LogP contribution in [0.15, 0.2) is 18.2 Å². The number of nitrogens with two attached hydrogens (primary N) is 1. The van der Waals surface area contributed by atoms with Gasteiger partial charge in [-0.05, 0) is 31.7 Å². The van der Waals surface area contributed by atoms with Gasteiger partial charge in [0, 0.05) is 17.9 Å². The highest BCUT2D eigenvalue weighted by Crippen LogP contribution is 2.47. The van der Waals surface area contributed by atoms with Crippen molar-refractivity contribution in [2.45, 2.75) is 44.1 Å². The quantitative estimate of drug-likeness (QED) is 0.872. The predicted molar refractivity (Wildman–Crippen MR) is 97.5 cm³/mol. The number of rotatable bonds is 4. The monoisotopic (exact) mass is 359 g/mol. The fraction of sp³-hybridized carbons (Fsp3) is 0.444. The number of nitrogens with zero attached hydrogens (tertiary/aromatic N) is 1. The molecule has 2 heterocycles. The van der Waals surface area contributed by atoms with Crippen LogP contribution < -0.4 is 20.5 Å². The second-order valence-corrected chi connectivity index (χ2v) is 7.54. The minimum atomic E-state index is -0.120. The van der Waals surface area contributed by atoms with Crippen LogP contribution in [-0.4, -0.2) is 24.1 Å². The second kappa shape index (κ2) is 6.55. The van der Waals surface area contributed by atoms with Gasteiger partial charge in [0.1, 0.15) is 5.82 Å². The van der Waals surface area contributed by atoms with E-state index < -0.39 is 0 Å². The van der Waals surface area contributed by atoms with E-state index in [-0.39, 0.29) is 17.9 Å². The Bertz CT molecular complexity index is 799. The van der Waals surface area contributed by atoms with Crippen LogP contribution in [0.2, 0.25) is 0 Å². The third kappa shape index (κ3) is 3.04. The number of para-hydroxylation sites is 1. The van der Waals surface area contributed by atoms with Crippen molar-refractivity contribution in [3.63, 3.8) is 0 Å². The minimum Gasteiger partial charge on any atom is -0.493 e. The van der Waals surface area contributed by atoms with E-state index in [0.717, 1.165) is 29.0 Å². The predicted octanol–water partition coefficient (Wildman–Crippen LogP) is 3.53. The first kappa shape index (κ1) is 16.2. The van der Waals surface area contributed by atoms with Gasteiger partial charge in [-0.2, -0.15) is 0 Å². The van der Waals surface area contributed by atoms with E-state index in [2.05, 4.69) is 10.3 Å². The molecular formula is C18H21N3O3S. The van der Waals surface area contributed by atoms with Gasteiger partial charge in [0.15, 0.2) is 16.6 Å². The zero-order valence-corrected chi connectivity index (χ0v) is 14.9. The highest BCUT2D eigenvalue weighted by molar-refractivity contribution is 7.16. The molecule has 1 aromatic heterocycles. The van der Waals surface area contributed by atoms with E-state index >= 15 is 0 Å². The standard InChI is InChI=1S/C18H21N3O3S/c1-23-13-8-4-7-11(15(13)24-10-5-2-3-6-10)12-9-14(22)20-17-16(12)25-18(19)21-17/h4,7-8,10,12H,2-3,5-6,9H2,1H3,(H2,19,21)(H,20,22)/t12-/m0/s1. The lowest BCUT2D eigenvalue weighted by molar-refractivity contribution is -0.116. The number of carbonyl (C=O) groups is 1. The number of nitrogens with one attached hydrogen (secondary N) is 1. The number of aromatic nitrogens is 1. The number of ether oxygens (including phenoxy) is 2. The Hall–Kier alpha value is -2.28. The van der Waals surface area contributed by atoms with Gasteiger partial charge in [-0.15, -0.1) is 0 Å². The van der Waals surface area contributed by atoms with Gasteiger partial charge >= 0.3 is 0 Å². The molecule has 7 heteroatoms. The number of fused-ring (bicyclic) bond motifs is 1. The van der Waals surface area contributed by atoms with Gasteiger partial charge in [0.25, 0.3) is 0 Å². The van der Waals surface area contributed by atoms with Crippen LogP contribution in [0, 0.1) is 0 Å². The maximum Gasteiger partial charge on any atom is 0.226 e. The fourth-order valence-electron chi connectivity index (χ4n) is 3.65. The maximum atomic E-state index is 12.2. The number of amides is 1. The zero-order chi connectivity index (χ0) is 17.4. The van der Waals surface area contributed by atoms with Gasteiger partial charge in [-0.3, -0.25) is 4.79 Å². The average Bonchev–Trinajstić information content (AvgIpc) is 3.23. The fourth-order valence-corrected chi connectivity index (χ4v) is 4.56. The Morgan fingerprint density at radius 3 is 2.88 bits per heavy atom. The summed E-state index contributed by atoms with van der Waals surface area (Å²) in [4.78, 5) is 17.4. The number of hydrogen-bond donors (Lipinski definition) is 2. The van der Waals surface area contributed by atoms with E-state index in [4.69, 9.17) is 15.2 Å². The van der Waals surface area contributed by atoms with Crippen molar-refractivity contribution >= 4 is 28.2 Å². The summed E-state index contributed by atoms with van der Waals surface area (Å²) in [5, 5.41) is 3.27. The normalized spacial score (nSPS) is 20.2. The number of nitrogen functional groups attached to an aromatic ring is 1. The van der Waals surface area contributed by atoms with E-state index in [1.165, 1.54) is 24.2 Å². The Labute approximate surface area is 150 Å². The molecule has 2 aliphatic rings. The van der Waals surface area contributed by atoms with Crippen LogP contribution in [0.1, 0.15) is 48.5 Å². The summed E-state index contributed by atoms with van der Waals surface area (Å²) >= 11 is 1.42. The number of carbonyl (C=O) groups excluding carboxylic acids is 1. The molecule has 4 rings (SSSR count). The van der Waals surface area contributed by atoms with E-state index in [1.54, 1.807) is 7.11 Å². The summed E-state index contributed by atoms with van der Waals surface area (Å²) in [6.07, 6.45) is 5.05. The summed E-state index contributed by atoms with van der Waals surface area (Å²) in [5.41, 5.74) is 6.83. The molecule has 2 aromatic rings. The first-order chi connectivity index (χ1) is 12.2. The van der Waals surface area contributed by atoms with Crippen molar-refractivity contribution in [3.05, 3.63) is 28.6 Å². The molecule has 0 radical (unpaired) electrons. The van der Waals surface area contributed by atoms with Crippen LogP contribution in [0.5, 0.6) is 11.5 Å². The Morgan fingerprint density at radius 1 is 1.32 bits per heavy atom. The van der Waals surface area contributed by atoms with Crippen molar-refractivity contribution in [1.29, 1.82) is 0 Å². The number of hydrogen-bond acceptors (Lipinski definition) is 6. The molecule has 1 aromatic carbocycles. The number of anilines is 2.